The molecule has 2 nitrogen and oxygen atoms in total. The monoisotopic (exact) mass is 232 g/mol. The van der Waals surface area contributed by atoms with Crippen LogP contribution in [0.4, 0.5) is 0 Å². The fourth-order valence-corrected chi connectivity index (χ4v) is 2.45. The third kappa shape index (κ3) is 3.55. The molecule has 1 aromatic rings. The van der Waals surface area contributed by atoms with Crippen LogP contribution in [-0.2, 0) is 6.54 Å². The van der Waals surface area contributed by atoms with E-state index in [4.69, 9.17) is 5.73 Å². The van der Waals surface area contributed by atoms with E-state index in [1.807, 2.05) is 0 Å². The van der Waals surface area contributed by atoms with Gasteiger partial charge in [-0.3, -0.25) is 4.90 Å². The Labute approximate surface area is 105 Å². The second kappa shape index (κ2) is 5.65. The average Bonchev–Trinajstić information content (AvgIpc) is 3.11. The van der Waals surface area contributed by atoms with Crippen molar-refractivity contribution in [1.29, 1.82) is 0 Å². The number of benzene rings is 1. The van der Waals surface area contributed by atoms with Crippen LogP contribution in [0.15, 0.2) is 30.3 Å². The van der Waals surface area contributed by atoms with Gasteiger partial charge in [-0.25, -0.2) is 0 Å². The van der Waals surface area contributed by atoms with Gasteiger partial charge in [0.05, 0.1) is 0 Å². The van der Waals surface area contributed by atoms with Crippen molar-refractivity contribution in [3.63, 3.8) is 0 Å². The molecule has 1 aliphatic rings. The first kappa shape index (κ1) is 12.6. The molecule has 0 heterocycles. The molecule has 0 aliphatic heterocycles. The SMILES string of the molecule is CCCN(Cc1ccccc1)CC1(CN)CC1. The lowest BCUT2D eigenvalue weighted by Gasteiger charge is -2.26. The summed E-state index contributed by atoms with van der Waals surface area (Å²) in [5.41, 5.74) is 7.74. The van der Waals surface area contributed by atoms with E-state index in [1.54, 1.807) is 0 Å². The van der Waals surface area contributed by atoms with E-state index >= 15 is 0 Å². The molecule has 0 radical (unpaired) electrons. The molecule has 2 N–H and O–H groups in total. The number of nitrogens with zero attached hydrogens (tertiary/aromatic N) is 1. The van der Waals surface area contributed by atoms with Crippen molar-refractivity contribution in [2.75, 3.05) is 19.6 Å². The van der Waals surface area contributed by atoms with E-state index in [0.717, 1.165) is 13.1 Å². The van der Waals surface area contributed by atoms with Crippen molar-refractivity contribution in [3.05, 3.63) is 35.9 Å². The number of hydrogen-bond acceptors (Lipinski definition) is 2. The molecule has 17 heavy (non-hydrogen) atoms. The highest BCUT2D eigenvalue weighted by molar-refractivity contribution is 5.14. The Morgan fingerprint density at radius 2 is 1.94 bits per heavy atom. The summed E-state index contributed by atoms with van der Waals surface area (Å²) in [5, 5.41) is 0. The largest absolute Gasteiger partial charge is 0.330 e. The van der Waals surface area contributed by atoms with Crippen molar-refractivity contribution < 1.29 is 0 Å². The van der Waals surface area contributed by atoms with Crippen molar-refractivity contribution in [2.24, 2.45) is 11.1 Å². The summed E-state index contributed by atoms with van der Waals surface area (Å²) < 4.78 is 0. The van der Waals surface area contributed by atoms with Gasteiger partial charge < -0.3 is 5.73 Å². The first-order chi connectivity index (χ1) is 8.28. The maximum atomic E-state index is 5.88. The van der Waals surface area contributed by atoms with Crippen molar-refractivity contribution in [2.45, 2.75) is 32.7 Å². The van der Waals surface area contributed by atoms with Gasteiger partial charge in [0, 0.05) is 13.1 Å². The summed E-state index contributed by atoms with van der Waals surface area (Å²) in [6.07, 6.45) is 3.85. The smallest absolute Gasteiger partial charge is 0.0233 e. The Morgan fingerprint density at radius 1 is 1.24 bits per heavy atom. The summed E-state index contributed by atoms with van der Waals surface area (Å²) in [4.78, 5) is 2.56. The van der Waals surface area contributed by atoms with E-state index in [0.29, 0.717) is 5.41 Å². The summed E-state index contributed by atoms with van der Waals surface area (Å²) in [6, 6.07) is 10.7. The zero-order valence-electron chi connectivity index (χ0n) is 10.9. The van der Waals surface area contributed by atoms with Gasteiger partial charge in [-0.2, -0.15) is 0 Å². The van der Waals surface area contributed by atoms with Crippen LogP contribution in [0, 0.1) is 5.41 Å². The second-order valence-corrected chi connectivity index (χ2v) is 5.40. The van der Waals surface area contributed by atoms with Gasteiger partial charge in [0.1, 0.15) is 0 Å². The molecule has 1 fully saturated rings. The van der Waals surface area contributed by atoms with Crippen LogP contribution in [0.1, 0.15) is 31.7 Å². The van der Waals surface area contributed by atoms with E-state index in [9.17, 15) is 0 Å². The maximum absolute atomic E-state index is 5.88. The maximum Gasteiger partial charge on any atom is 0.0233 e. The average molecular weight is 232 g/mol. The molecular formula is C15H24N2. The van der Waals surface area contributed by atoms with Gasteiger partial charge in [0.2, 0.25) is 0 Å². The van der Waals surface area contributed by atoms with Crippen LogP contribution in [0.2, 0.25) is 0 Å². The number of rotatable bonds is 7. The van der Waals surface area contributed by atoms with Crippen LogP contribution in [-0.4, -0.2) is 24.5 Å². The molecule has 1 saturated carbocycles. The van der Waals surface area contributed by atoms with Gasteiger partial charge in [0.25, 0.3) is 0 Å². The molecule has 0 spiro atoms. The normalized spacial score (nSPS) is 17.4. The highest BCUT2D eigenvalue weighted by atomic mass is 15.1. The molecule has 0 atom stereocenters. The third-order valence-corrected chi connectivity index (χ3v) is 3.74. The highest BCUT2D eigenvalue weighted by Gasteiger charge is 2.42. The minimum Gasteiger partial charge on any atom is -0.330 e. The molecule has 0 bridgehead atoms. The molecular weight excluding hydrogens is 208 g/mol. The van der Waals surface area contributed by atoms with Gasteiger partial charge in [-0.05, 0) is 43.3 Å². The molecule has 0 unspecified atom stereocenters. The van der Waals surface area contributed by atoms with Crippen LogP contribution in [0.5, 0.6) is 0 Å². The Bertz CT molecular complexity index is 330. The van der Waals surface area contributed by atoms with E-state index in [2.05, 4.69) is 42.2 Å². The minimum absolute atomic E-state index is 0.448. The molecule has 1 aromatic carbocycles. The van der Waals surface area contributed by atoms with Crippen LogP contribution in [0.3, 0.4) is 0 Å². The predicted molar refractivity (Wildman–Crippen MR) is 72.7 cm³/mol. The van der Waals surface area contributed by atoms with Gasteiger partial charge in [-0.15, -0.1) is 0 Å². The van der Waals surface area contributed by atoms with Crippen molar-refractivity contribution >= 4 is 0 Å². The number of nitrogens with two attached hydrogens (primary N) is 1. The fourth-order valence-electron chi connectivity index (χ4n) is 2.45. The summed E-state index contributed by atoms with van der Waals surface area (Å²) in [7, 11) is 0. The lowest BCUT2D eigenvalue weighted by Crippen LogP contribution is -2.34. The van der Waals surface area contributed by atoms with Crippen LogP contribution in [0.25, 0.3) is 0 Å². The summed E-state index contributed by atoms with van der Waals surface area (Å²) in [5.74, 6) is 0. The first-order valence-corrected chi connectivity index (χ1v) is 6.74. The highest BCUT2D eigenvalue weighted by Crippen LogP contribution is 2.45. The van der Waals surface area contributed by atoms with Gasteiger partial charge in [0.15, 0.2) is 0 Å². The third-order valence-electron chi connectivity index (χ3n) is 3.74. The lowest BCUT2D eigenvalue weighted by molar-refractivity contribution is 0.214. The van der Waals surface area contributed by atoms with E-state index in [1.165, 1.54) is 37.9 Å². The molecule has 1 aliphatic carbocycles. The molecule has 0 amide bonds. The minimum atomic E-state index is 0.448. The van der Waals surface area contributed by atoms with Crippen molar-refractivity contribution in [1.82, 2.24) is 4.90 Å². The Kier molecular flexibility index (Phi) is 4.19. The second-order valence-electron chi connectivity index (χ2n) is 5.40. The van der Waals surface area contributed by atoms with Crippen LogP contribution < -0.4 is 5.73 Å². The van der Waals surface area contributed by atoms with Gasteiger partial charge >= 0.3 is 0 Å². The Hall–Kier alpha value is -0.860. The molecule has 2 heteroatoms. The Morgan fingerprint density at radius 3 is 2.47 bits per heavy atom. The zero-order chi connectivity index (χ0) is 12.1. The molecule has 0 aromatic heterocycles. The van der Waals surface area contributed by atoms with Crippen molar-refractivity contribution in [3.8, 4) is 0 Å². The standard InChI is InChI=1S/C15H24N2/c1-2-10-17(13-15(12-16)8-9-15)11-14-6-4-3-5-7-14/h3-7H,2,8-13,16H2,1H3. The molecule has 0 saturated heterocycles. The van der Waals surface area contributed by atoms with Gasteiger partial charge in [-0.1, -0.05) is 37.3 Å². The quantitative estimate of drug-likeness (QED) is 0.783. The summed E-state index contributed by atoms with van der Waals surface area (Å²) in [6.45, 7) is 6.52. The number of hydrogen-bond donors (Lipinski definition) is 1. The zero-order valence-corrected chi connectivity index (χ0v) is 10.9. The predicted octanol–water partition coefficient (Wildman–Crippen LogP) is 2.64. The molecule has 94 valence electrons. The van der Waals surface area contributed by atoms with E-state index in [-0.39, 0.29) is 0 Å². The molecule has 2 rings (SSSR count). The van der Waals surface area contributed by atoms with E-state index < -0.39 is 0 Å². The van der Waals surface area contributed by atoms with Crippen LogP contribution >= 0.6 is 0 Å². The lowest BCUT2D eigenvalue weighted by atomic mass is 10.1. The first-order valence-electron chi connectivity index (χ1n) is 6.74. The Balaban J connectivity index is 1.93. The topological polar surface area (TPSA) is 29.3 Å². The summed E-state index contributed by atoms with van der Waals surface area (Å²) >= 11 is 0. The fraction of sp³-hybridized carbons (Fsp3) is 0.600.